The molecular formula is C25H19N7. The van der Waals surface area contributed by atoms with Crippen molar-refractivity contribution < 1.29 is 0 Å². The van der Waals surface area contributed by atoms with E-state index in [1.54, 1.807) is 0 Å². The maximum absolute atomic E-state index is 4.71. The van der Waals surface area contributed by atoms with Crippen molar-refractivity contribution in [2.24, 2.45) is 0 Å². The van der Waals surface area contributed by atoms with Crippen LogP contribution in [-0.2, 0) is 0 Å². The molecule has 5 aromatic heterocycles. The van der Waals surface area contributed by atoms with E-state index in [-0.39, 0.29) is 0 Å². The molecule has 0 aliphatic rings. The Morgan fingerprint density at radius 3 is 0.969 bits per heavy atom. The molecule has 0 aromatic carbocycles. The smallest absolute Gasteiger partial charge is 0.111 e. The van der Waals surface area contributed by atoms with E-state index in [0.717, 1.165) is 34.2 Å². The van der Waals surface area contributed by atoms with Gasteiger partial charge in [-0.3, -0.25) is 9.97 Å². The fraction of sp³-hybridized carbons (Fsp3) is 0.0800. The minimum Gasteiger partial charge on any atom is -0.251 e. The highest BCUT2D eigenvalue weighted by molar-refractivity contribution is 5.64. The molecule has 0 atom stereocenters. The molecule has 0 aliphatic heterocycles. The number of rotatable bonds is 4. The van der Waals surface area contributed by atoms with Gasteiger partial charge in [-0.2, -0.15) is 0 Å². The van der Waals surface area contributed by atoms with Crippen LogP contribution in [0.1, 0.15) is 11.4 Å². The van der Waals surface area contributed by atoms with Crippen LogP contribution in [0.15, 0.2) is 78.9 Å². The first-order valence-corrected chi connectivity index (χ1v) is 10.2. The van der Waals surface area contributed by atoms with Gasteiger partial charge in [0.1, 0.15) is 22.8 Å². The number of pyridine rings is 3. The van der Waals surface area contributed by atoms with Crippen LogP contribution in [-0.4, -0.2) is 35.3 Å². The SMILES string of the molecule is Cc1cccc(-c2ccc(-c3cccc(-c4ccc(-c5cccc(C)n5)nn4)n3)nn2)n1. The van der Waals surface area contributed by atoms with Crippen molar-refractivity contribution in [1.29, 1.82) is 0 Å². The van der Waals surface area contributed by atoms with Crippen LogP contribution in [0.2, 0.25) is 0 Å². The Hall–Kier alpha value is -4.39. The van der Waals surface area contributed by atoms with Crippen LogP contribution in [0, 0.1) is 13.8 Å². The van der Waals surface area contributed by atoms with Crippen molar-refractivity contribution in [3.8, 4) is 45.6 Å². The third-order valence-electron chi connectivity index (χ3n) is 4.90. The molecule has 7 nitrogen and oxygen atoms in total. The summed E-state index contributed by atoms with van der Waals surface area (Å²) in [6.07, 6.45) is 0. The molecule has 0 amide bonds. The Kier molecular flexibility index (Phi) is 5.13. The zero-order valence-electron chi connectivity index (χ0n) is 17.6. The predicted molar refractivity (Wildman–Crippen MR) is 122 cm³/mol. The highest BCUT2D eigenvalue weighted by Crippen LogP contribution is 2.22. The number of aryl methyl sites for hydroxylation is 2. The van der Waals surface area contributed by atoms with Gasteiger partial charge in [0.25, 0.3) is 0 Å². The lowest BCUT2D eigenvalue weighted by molar-refractivity contribution is 1.01. The van der Waals surface area contributed by atoms with E-state index in [9.17, 15) is 0 Å². The molecule has 0 spiro atoms. The summed E-state index contributed by atoms with van der Waals surface area (Å²) >= 11 is 0. The molecule has 0 radical (unpaired) electrons. The third-order valence-corrected chi connectivity index (χ3v) is 4.90. The van der Waals surface area contributed by atoms with Gasteiger partial charge in [-0.1, -0.05) is 18.2 Å². The van der Waals surface area contributed by atoms with Crippen molar-refractivity contribution >= 4 is 0 Å². The van der Waals surface area contributed by atoms with Crippen LogP contribution >= 0.6 is 0 Å². The van der Waals surface area contributed by atoms with Crippen LogP contribution in [0.5, 0.6) is 0 Å². The minimum absolute atomic E-state index is 0.678. The second kappa shape index (κ2) is 8.39. The lowest BCUT2D eigenvalue weighted by Crippen LogP contribution is -1.97. The quantitative estimate of drug-likeness (QED) is 0.417. The zero-order valence-corrected chi connectivity index (χ0v) is 17.6. The molecule has 5 rings (SSSR count). The highest BCUT2D eigenvalue weighted by Gasteiger charge is 2.09. The molecule has 0 saturated heterocycles. The molecule has 7 heteroatoms. The second-order valence-electron chi connectivity index (χ2n) is 7.34. The molecule has 0 aliphatic carbocycles. The highest BCUT2D eigenvalue weighted by atomic mass is 15.1. The summed E-state index contributed by atoms with van der Waals surface area (Å²) in [4.78, 5) is 13.7. The third kappa shape index (κ3) is 4.09. The van der Waals surface area contributed by atoms with Gasteiger partial charge in [-0.25, -0.2) is 4.98 Å². The molecule has 32 heavy (non-hydrogen) atoms. The maximum Gasteiger partial charge on any atom is 0.111 e. The van der Waals surface area contributed by atoms with Gasteiger partial charge < -0.3 is 0 Å². The summed E-state index contributed by atoms with van der Waals surface area (Å²) in [5.74, 6) is 0. The van der Waals surface area contributed by atoms with Gasteiger partial charge in [0.05, 0.1) is 22.8 Å². The van der Waals surface area contributed by atoms with Gasteiger partial charge in [0.15, 0.2) is 0 Å². The monoisotopic (exact) mass is 417 g/mol. The van der Waals surface area contributed by atoms with Crippen LogP contribution < -0.4 is 0 Å². The number of hydrogen-bond donors (Lipinski definition) is 0. The topological polar surface area (TPSA) is 90.2 Å². The predicted octanol–water partition coefficient (Wildman–Crippen LogP) is 4.74. The molecule has 5 aromatic rings. The lowest BCUT2D eigenvalue weighted by atomic mass is 10.2. The average Bonchev–Trinajstić information content (AvgIpc) is 2.84. The largest absolute Gasteiger partial charge is 0.251 e. The summed E-state index contributed by atoms with van der Waals surface area (Å²) < 4.78 is 0. The van der Waals surface area contributed by atoms with Crippen molar-refractivity contribution in [3.05, 3.63) is 90.3 Å². The second-order valence-corrected chi connectivity index (χ2v) is 7.34. The summed E-state index contributed by atoms with van der Waals surface area (Å²) in [6, 6.07) is 25.0. The minimum atomic E-state index is 0.678. The van der Waals surface area contributed by atoms with Crippen molar-refractivity contribution in [2.75, 3.05) is 0 Å². The average molecular weight is 417 g/mol. The molecule has 0 N–H and O–H groups in total. The van der Waals surface area contributed by atoms with Crippen molar-refractivity contribution in [3.63, 3.8) is 0 Å². The van der Waals surface area contributed by atoms with Gasteiger partial charge in [-0.15, -0.1) is 20.4 Å². The molecule has 0 fully saturated rings. The lowest BCUT2D eigenvalue weighted by Gasteiger charge is -2.05. The molecular weight excluding hydrogens is 398 g/mol. The van der Waals surface area contributed by atoms with Crippen LogP contribution in [0.25, 0.3) is 45.6 Å². The molecule has 0 unspecified atom stereocenters. The van der Waals surface area contributed by atoms with E-state index in [4.69, 9.17) is 4.98 Å². The van der Waals surface area contributed by atoms with Crippen LogP contribution in [0.3, 0.4) is 0 Å². The molecule has 5 heterocycles. The van der Waals surface area contributed by atoms with Crippen molar-refractivity contribution in [1.82, 2.24) is 35.3 Å². The van der Waals surface area contributed by atoms with E-state index >= 15 is 0 Å². The van der Waals surface area contributed by atoms with E-state index in [1.165, 1.54) is 0 Å². The Bertz CT molecular complexity index is 1280. The Balaban J connectivity index is 1.41. The Morgan fingerprint density at radius 1 is 0.344 bits per heavy atom. The van der Waals surface area contributed by atoms with E-state index in [0.29, 0.717) is 22.8 Å². The first kappa shape index (κ1) is 19.6. The summed E-state index contributed by atoms with van der Waals surface area (Å²) in [5, 5.41) is 17.4. The number of aromatic nitrogens is 7. The molecule has 154 valence electrons. The first-order chi connectivity index (χ1) is 15.7. The summed E-state index contributed by atoms with van der Waals surface area (Å²) in [7, 11) is 0. The van der Waals surface area contributed by atoms with E-state index in [1.807, 2.05) is 92.7 Å². The first-order valence-electron chi connectivity index (χ1n) is 10.2. The maximum atomic E-state index is 4.71. The normalized spacial score (nSPS) is 10.8. The molecule has 0 saturated carbocycles. The summed E-state index contributed by atoms with van der Waals surface area (Å²) in [5.41, 5.74) is 7.69. The van der Waals surface area contributed by atoms with Crippen LogP contribution in [0.4, 0.5) is 0 Å². The van der Waals surface area contributed by atoms with Gasteiger partial charge in [0.2, 0.25) is 0 Å². The summed E-state index contributed by atoms with van der Waals surface area (Å²) in [6.45, 7) is 3.90. The van der Waals surface area contributed by atoms with Gasteiger partial charge in [-0.05, 0) is 74.5 Å². The Labute approximate surface area is 185 Å². The number of nitrogens with zero attached hydrogens (tertiary/aromatic N) is 7. The molecule has 0 bridgehead atoms. The fourth-order valence-corrected chi connectivity index (χ4v) is 3.30. The van der Waals surface area contributed by atoms with Crippen molar-refractivity contribution in [2.45, 2.75) is 13.8 Å². The van der Waals surface area contributed by atoms with E-state index < -0.39 is 0 Å². The van der Waals surface area contributed by atoms with Gasteiger partial charge >= 0.3 is 0 Å². The number of hydrogen-bond acceptors (Lipinski definition) is 7. The Morgan fingerprint density at radius 2 is 0.656 bits per heavy atom. The van der Waals surface area contributed by atoms with E-state index in [2.05, 4.69) is 30.4 Å². The zero-order chi connectivity index (χ0) is 21.9. The standard InChI is InChI=1S/C25H19N7/c1-16-6-3-8-18(26-16)22-12-14-24(31-29-22)20-10-5-11-21(28-20)25-15-13-23(30-32-25)19-9-4-7-17(2)27-19/h3-15H,1-2H3. The van der Waals surface area contributed by atoms with Gasteiger partial charge in [0, 0.05) is 11.4 Å². The fourth-order valence-electron chi connectivity index (χ4n) is 3.30.